The highest BCUT2D eigenvalue weighted by atomic mass is 35.5. The Hall–Kier alpha value is -0.780. The summed E-state index contributed by atoms with van der Waals surface area (Å²) in [6.07, 6.45) is 0. The van der Waals surface area contributed by atoms with Gasteiger partial charge < -0.3 is 0 Å². The first-order valence-electron chi connectivity index (χ1n) is 6.01. The van der Waals surface area contributed by atoms with Crippen LogP contribution in [0.25, 0.3) is 0 Å². The summed E-state index contributed by atoms with van der Waals surface area (Å²) in [5.41, 5.74) is 2.04. The van der Waals surface area contributed by atoms with Gasteiger partial charge in [0.1, 0.15) is 0 Å². The number of thioether (sulfide) groups is 1. The predicted molar refractivity (Wildman–Crippen MR) is 81.5 cm³/mol. The number of hydrogen-bond donors (Lipinski definition) is 0. The monoisotopic (exact) mass is 311 g/mol. The highest BCUT2D eigenvalue weighted by Gasteiger charge is 2.31. The second-order valence-corrected chi connectivity index (χ2v) is 8.08. The Balaban J connectivity index is 2.07. The van der Waals surface area contributed by atoms with E-state index in [-0.39, 0.29) is 4.75 Å². The maximum atomic E-state index is 5.97. The molecule has 0 amide bonds. The molecular weight excluding hydrogens is 298 g/mol. The molecule has 1 aromatic carbocycles. The number of hydrogen-bond acceptors (Lipinski definition) is 4. The fourth-order valence-electron chi connectivity index (χ4n) is 2.06. The SMILES string of the molecule is Cc1cc(Cl)ccc1N=c1snc2n1CC(C)(C)S2. The molecule has 0 unspecified atom stereocenters. The molecule has 0 fully saturated rings. The van der Waals surface area contributed by atoms with Crippen molar-refractivity contribution in [1.82, 2.24) is 8.94 Å². The molecule has 0 spiro atoms. The van der Waals surface area contributed by atoms with Crippen LogP contribution in [0.2, 0.25) is 5.02 Å². The van der Waals surface area contributed by atoms with Crippen LogP contribution >= 0.6 is 34.9 Å². The summed E-state index contributed by atoms with van der Waals surface area (Å²) in [6, 6.07) is 5.76. The average molecular weight is 312 g/mol. The van der Waals surface area contributed by atoms with Crippen molar-refractivity contribution < 1.29 is 0 Å². The number of benzene rings is 1. The summed E-state index contributed by atoms with van der Waals surface area (Å²) in [4.78, 5) is 5.68. The molecule has 0 saturated carbocycles. The number of halogens is 1. The third-order valence-electron chi connectivity index (χ3n) is 2.95. The van der Waals surface area contributed by atoms with E-state index >= 15 is 0 Å². The maximum absolute atomic E-state index is 5.97. The van der Waals surface area contributed by atoms with Crippen LogP contribution in [-0.2, 0) is 6.54 Å². The van der Waals surface area contributed by atoms with Crippen molar-refractivity contribution >= 4 is 40.6 Å². The van der Waals surface area contributed by atoms with E-state index in [1.165, 1.54) is 11.5 Å². The molecule has 1 aliphatic heterocycles. The first-order chi connectivity index (χ1) is 8.94. The van der Waals surface area contributed by atoms with E-state index in [1.807, 2.05) is 36.9 Å². The molecule has 19 heavy (non-hydrogen) atoms. The van der Waals surface area contributed by atoms with Gasteiger partial charge in [0.15, 0.2) is 5.16 Å². The van der Waals surface area contributed by atoms with Gasteiger partial charge in [-0.2, -0.15) is 4.37 Å². The Morgan fingerprint density at radius 2 is 2.21 bits per heavy atom. The van der Waals surface area contributed by atoms with Crippen molar-refractivity contribution in [3.05, 3.63) is 33.6 Å². The normalized spacial score (nSPS) is 17.8. The lowest BCUT2D eigenvalue weighted by atomic mass is 10.2. The van der Waals surface area contributed by atoms with Crippen molar-refractivity contribution in [2.45, 2.75) is 37.2 Å². The summed E-state index contributed by atoms with van der Waals surface area (Å²) in [5, 5.41) is 1.82. The van der Waals surface area contributed by atoms with E-state index in [0.717, 1.165) is 32.8 Å². The van der Waals surface area contributed by atoms with E-state index in [2.05, 4.69) is 22.8 Å². The Kier molecular flexibility index (Phi) is 3.23. The number of aromatic nitrogens is 2. The first-order valence-corrected chi connectivity index (χ1v) is 7.98. The minimum atomic E-state index is 0.204. The van der Waals surface area contributed by atoms with Crippen LogP contribution in [0.4, 0.5) is 5.69 Å². The largest absolute Gasteiger partial charge is 0.293 e. The van der Waals surface area contributed by atoms with Crippen LogP contribution in [-0.4, -0.2) is 13.7 Å². The van der Waals surface area contributed by atoms with E-state index in [9.17, 15) is 0 Å². The zero-order valence-corrected chi connectivity index (χ0v) is 13.4. The molecule has 100 valence electrons. The van der Waals surface area contributed by atoms with Crippen LogP contribution in [0.5, 0.6) is 0 Å². The predicted octanol–water partition coefficient (Wildman–Crippen LogP) is 4.02. The Morgan fingerprint density at radius 1 is 1.42 bits per heavy atom. The molecule has 1 aromatic heterocycles. The Morgan fingerprint density at radius 3 is 2.95 bits per heavy atom. The zero-order chi connectivity index (χ0) is 13.6. The van der Waals surface area contributed by atoms with E-state index in [0.29, 0.717) is 0 Å². The molecular formula is C13H14ClN3S2. The lowest BCUT2D eigenvalue weighted by molar-refractivity contribution is 0.555. The molecule has 0 saturated heterocycles. The molecule has 0 N–H and O–H groups in total. The number of nitrogens with zero attached hydrogens (tertiary/aromatic N) is 3. The quantitative estimate of drug-likeness (QED) is 0.796. The highest BCUT2D eigenvalue weighted by molar-refractivity contribution is 8.00. The van der Waals surface area contributed by atoms with Crippen molar-refractivity contribution in [1.29, 1.82) is 0 Å². The average Bonchev–Trinajstić information content (AvgIpc) is 2.79. The van der Waals surface area contributed by atoms with Gasteiger partial charge in [-0.25, -0.2) is 4.99 Å². The maximum Gasteiger partial charge on any atom is 0.210 e. The molecule has 3 rings (SSSR count). The van der Waals surface area contributed by atoms with Gasteiger partial charge in [0.2, 0.25) is 4.80 Å². The second-order valence-electron chi connectivity index (χ2n) is 5.24. The van der Waals surface area contributed by atoms with Crippen molar-refractivity contribution in [2.75, 3.05) is 0 Å². The summed E-state index contributed by atoms with van der Waals surface area (Å²) < 4.78 is 6.89. The van der Waals surface area contributed by atoms with Gasteiger partial charge in [-0.05, 0) is 44.5 Å². The summed E-state index contributed by atoms with van der Waals surface area (Å²) in [5.74, 6) is 0. The number of rotatable bonds is 1. The summed E-state index contributed by atoms with van der Waals surface area (Å²) >= 11 is 9.24. The van der Waals surface area contributed by atoms with Gasteiger partial charge >= 0.3 is 0 Å². The molecule has 0 bridgehead atoms. The lowest BCUT2D eigenvalue weighted by Gasteiger charge is -2.12. The topological polar surface area (TPSA) is 30.2 Å². The van der Waals surface area contributed by atoms with Crippen LogP contribution in [0.3, 0.4) is 0 Å². The molecule has 0 radical (unpaired) electrons. The van der Waals surface area contributed by atoms with Gasteiger partial charge in [-0.3, -0.25) is 4.57 Å². The van der Waals surface area contributed by atoms with Crippen LogP contribution in [0, 0.1) is 6.92 Å². The fraction of sp³-hybridized carbons (Fsp3) is 0.385. The molecule has 2 heterocycles. The minimum Gasteiger partial charge on any atom is -0.293 e. The Labute approximate surface area is 125 Å². The van der Waals surface area contributed by atoms with Crippen molar-refractivity contribution in [2.24, 2.45) is 4.99 Å². The first kappa shape index (κ1) is 13.2. The molecule has 6 heteroatoms. The number of aryl methyl sites for hydroxylation is 1. The van der Waals surface area contributed by atoms with Crippen molar-refractivity contribution in [3.63, 3.8) is 0 Å². The zero-order valence-electron chi connectivity index (χ0n) is 11.0. The Bertz CT molecular complexity index is 700. The molecule has 1 aliphatic rings. The molecule has 0 aliphatic carbocycles. The smallest absolute Gasteiger partial charge is 0.210 e. The van der Waals surface area contributed by atoms with Gasteiger partial charge in [-0.1, -0.05) is 23.4 Å². The molecule has 0 atom stereocenters. The number of fused-ring (bicyclic) bond motifs is 1. The van der Waals surface area contributed by atoms with Crippen LogP contribution < -0.4 is 4.80 Å². The fourth-order valence-corrected chi connectivity index (χ4v) is 4.20. The summed E-state index contributed by atoms with van der Waals surface area (Å²) in [6.45, 7) is 7.44. The van der Waals surface area contributed by atoms with Gasteiger partial charge in [0, 0.05) is 27.8 Å². The minimum absolute atomic E-state index is 0.204. The van der Waals surface area contributed by atoms with Gasteiger partial charge in [0.25, 0.3) is 0 Å². The summed E-state index contributed by atoms with van der Waals surface area (Å²) in [7, 11) is 0. The molecule has 3 nitrogen and oxygen atoms in total. The van der Waals surface area contributed by atoms with E-state index in [1.54, 1.807) is 0 Å². The van der Waals surface area contributed by atoms with Gasteiger partial charge in [0.05, 0.1) is 5.69 Å². The highest BCUT2D eigenvalue weighted by Crippen LogP contribution is 2.38. The lowest BCUT2D eigenvalue weighted by Crippen LogP contribution is -2.21. The molecule has 2 aromatic rings. The third-order valence-corrected chi connectivity index (χ3v) is 5.21. The third kappa shape index (κ3) is 2.59. The van der Waals surface area contributed by atoms with E-state index in [4.69, 9.17) is 16.6 Å². The van der Waals surface area contributed by atoms with Gasteiger partial charge in [-0.15, -0.1) is 0 Å². The van der Waals surface area contributed by atoms with Crippen LogP contribution in [0.15, 0.2) is 28.3 Å². The van der Waals surface area contributed by atoms with E-state index < -0.39 is 0 Å². The standard InChI is InChI=1S/C13H14ClN3S2/c1-8-6-9(14)4-5-10(8)15-11-17-7-13(2,3)18-12(17)16-19-11/h4-6H,7H2,1-3H3. The van der Waals surface area contributed by atoms with Crippen molar-refractivity contribution in [3.8, 4) is 0 Å². The second kappa shape index (κ2) is 4.65. The van der Waals surface area contributed by atoms with Crippen LogP contribution in [0.1, 0.15) is 19.4 Å².